The molecule has 0 spiro atoms. The Kier molecular flexibility index (Phi) is 7.80. The number of carbonyl (C=O) groups excluding carboxylic acids is 2. The van der Waals surface area contributed by atoms with Crippen LogP contribution in [-0.2, 0) is 4.79 Å². The van der Waals surface area contributed by atoms with E-state index in [1.165, 1.54) is 16.7 Å². The first-order valence-electron chi connectivity index (χ1n) is 7.00. The molecule has 1 aliphatic heterocycles. The summed E-state index contributed by atoms with van der Waals surface area (Å²) in [7, 11) is 0. The molecule has 110 valence electrons. The summed E-state index contributed by atoms with van der Waals surface area (Å²) in [6, 6.07) is 0. The molecule has 0 atom stereocenters. The lowest BCUT2D eigenvalue weighted by Gasteiger charge is -2.20. The van der Waals surface area contributed by atoms with Gasteiger partial charge in [0.1, 0.15) is 5.82 Å². The van der Waals surface area contributed by atoms with Crippen LogP contribution in [0.3, 0.4) is 0 Å². The molecule has 5 heteroatoms. The minimum Gasteiger partial charge on any atom is -0.312 e. The van der Waals surface area contributed by atoms with Crippen molar-refractivity contribution in [2.75, 3.05) is 5.75 Å². The minimum absolute atomic E-state index is 0.0484. The molecule has 2 amide bonds. The Bertz CT molecular complexity index is 428. The van der Waals surface area contributed by atoms with Crippen LogP contribution in [-0.4, -0.2) is 21.8 Å². The third kappa shape index (κ3) is 5.65. The maximum Gasteiger partial charge on any atom is 0.291 e. The minimum atomic E-state index is -0.0902. The average Bonchev–Trinajstić information content (AvgIpc) is 2.65. The van der Waals surface area contributed by atoms with E-state index < -0.39 is 0 Å². The van der Waals surface area contributed by atoms with E-state index in [0.29, 0.717) is 18.0 Å². The van der Waals surface area contributed by atoms with E-state index in [2.05, 4.69) is 12.2 Å². The molecule has 0 radical (unpaired) electrons. The highest BCUT2D eigenvalue weighted by atomic mass is 32.2. The lowest BCUT2D eigenvalue weighted by atomic mass is 10.2. The van der Waals surface area contributed by atoms with Gasteiger partial charge in [-0.05, 0) is 24.3 Å². The number of thioether (sulfide) groups is 1. The van der Waals surface area contributed by atoms with Crippen molar-refractivity contribution < 1.29 is 9.59 Å². The molecular formula is C15H22N2O2S. The van der Waals surface area contributed by atoms with Gasteiger partial charge in [-0.3, -0.25) is 14.5 Å². The molecule has 0 unspecified atom stereocenters. The zero-order chi connectivity index (χ0) is 14.8. The van der Waals surface area contributed by atoms with Gasteiger partial charge in [0.15, 0.2) is 0 Å². The van der Waals surface area contributed by atoms with Gasteiger partial charge in [0.05, 0.1) is 0 Å². The summed E-state index contributed by atoms with van der Waals surface area (Å²) in [4.78, 5) is 25.4. The standard InChI is InChI=1S/C15H22N2O2S/c1-3-5-7-11-14(18)16-13-10-8-6-9-12-17(13)15(19)20-4-2/h6,8-10,12H,3-5,7,11H2,1-2H3,(H,16,18). The van der Waals surface area contributed by atoms with Crippen molar-refractivity contribution in [1.82, 2.24) is 10.2 Å². The van der Waals surface area contributed by atoms with E-state index in [-0.39, 0.29) is 11.1 Å². The van der Waals surface area contributed by atoms with Gasteiger partial charge in [0.25, 0.3) is 5.24 Å². The predicted molar refractivity (Wildman–Crippen MR) is 84.0 cm³/mol. The Morgan fingerprint density at radius 2 is 2.00 bits per heavy atom. The van der Waals surface area contributed by atoms with Crippen molar-refractivity contribution in [2.24, 2.45) is 0 Å². The van der Waals surface area contributed by atoms with E-state index in [1.54, 1.807) is 18.4 Å². The summed E-state index contributed by atoms with van der Waals surface area (Å²) in [5.74, 6) is 1.17. The van der Waals surface area contributed by atoms with Crippen LogP contribution in [0.5, 0.6) is 0 Å². The van der Waals surface area contributed by atoms with Crippen LogP contribution in [0.15, 0.2) is 36.3 Å². The van der Waals surface area contributed by atoms with Crippen LogP contribution in [0.4, 0.5) is 4.79 Å². The third-order valence-corrected chi connectivity index (χ3v) is 3.44. The van der Waals surface area contributed by atoms with Crippen LogP contribution < -0.4 is 5.32 Å². The second-order valence-corrected chi connectivity index (χ2v) is 5.57. The molecule has 0 aromatic carbocycles. The number of hydrogen-bond acceptors (Lipinski definition) is 3. The average molecular weight is 294 g/mol. The van der Waals surface area contributed by atoms with Crippen molar-refractivity contribution in [1.29, 1.82) is 0 Å². The van der Waals surface area contributed by atoms with Gasteiger partial charge < -0.3 is 5.32 Å². The fourth-order valence-electron chi connectivity index (χ4n) is 1.70. The number of unbranched alkanes of at least 4 members (excludes halogenated alkanes) is 2. The Morgan fingerprint density at radius 3 is 2.70 bits per heavy atom. The van der Waals surface area contributed by atoms with Crippen molar-refractivity contribution in [3.8, 4) is 0 Å². The second-order valence-electron chi connectivity index (χ2n) is 4.35. The summed E-state index contributed by atoms with van der Waals surface area (Å²) in [5.41, 5.74) is 0. The molecule has 1 heterocycles. The fraction of sp³-hybridized carbons (Fsp3) is 0.467. The van der Waals surface area contributed by atoms with Gasteiger partial charge in [-0.1, -0.05) is 50.6 Å². The first-order chi connectivity index (χ1) is 9.69. The molecule has 20 heavy (non-hydrogen) atoms. The number of allylic oxidation sites excluding steroid dienone is 4. The predicted octanol–water partition coefficient (Wildman–Crippen LogP) is 3.78. The van der Waals surface area contributed by atoms with E-state index in [0.717, 1.165) is 19.3 Å². The van der Waals surface area contributed by atoms with E-state index in [1.807, 2.05) is 19.1 Å². The summed E-state index contributed by atoms with van der Waals surface area (Å²) in [6.45, 7) is 4.03. The van der Waals surface area contributed by atoms with Crippen LogP contribution in [0.1, 0.15) is 39.5 Å². The van der Waals surface area contributed by atoms with Crippen molar-refractivity contribution in [3.05, 3.63) is 36.3 Å². The highest BCUT2D eigenvalue weighted by Crippen LogP contribution is 2.16. The molecule has 1 N–H and O–H groups in total. The highest BCUT2D eigenvalue weighted by Gasteiger charge is 2.17. The first-order valence-corrected chi connectivity index (χ1v) is 7.98. The van der Waals surface area contributed by atoms with Gasteiger partial charge in [-0.15, -0.1) is 0 Å². The quantitative estimate of drug-likeness (QED) is 0.758. The number of nitrogens with zero attached hydrogens (tertiary/aromatic N) is 1. The molecule has 0 saturated carbocycles. The van der Waals surface area contributed by atoms with E-state index in [9.17, 15) is 9.59 Å². The number of amides is 2. The topological polar surface area (TPSA) is 49.4 Å². The third-order valence-electron chi connectivity index (χ3n) is 2.71. The molecular weight excluding hydrogens is 272 g/mol. The van der Waals surface area contributed by atoms with Gasteiger partial charge in [0.2, 0.25) is 5.91 Å². The fourth-order valence-corrected chi connectivity index (χ4v) is 2.25. The number of carbonyl (C=O) groups is 2. The maximum atomic E-state index is 12.0. The SMILES string of the molecule is CCCCCC(=O)NC1=CC=CC=CN1C(=O)SCC. The van der Waals surface area contributed by atoms with Crippen molar-refractivity contribution in [3.63, 3.8) is 0 Å². The van der Waals surface area contributed by atoms with Gasteiger partial charge in [-0.25, -0.2) is 0 Å². The van der Waals surface area contributed by atoms with Gasteiger partial charge in [-0.2, -0.15) is 0 Å². The van der Waals surface area contributed by atoms with Gasteiger partial charge in [0, 0.05) is 12.6 Å². The van der Waals surface area contributed by atoms with Crippen LogP contribution in [0.25, 0.3) is 0 Å². The van der Waals surface area contributed by atoms with Crippen molar-refractivity contribution in [2.45, 2.75) is 39.5 Å². The molecule has 0 bridgehead atoms. The molecule has 0 aliphatic carbocycles. The largest absolute Gasteiger partial charge is 0.312 e. The lowest BCUT2D eigenvalue weighted by Crippen LogP contribution is -2.34. The summed E-state index contributed by atoms with van der Waals surface area (Å²) in [5, 5.41) is 2.73. The summed E-state index contributed by atoms with van der Waals surface area (Å²) in [6.07, 6.45) is 12.3. The Morgan fingerprint density at radius 1 is 1.20 bits per heavy atom. The van der Waals surface area contributed by atoms with E-state index >= 15 is 0 Å². The molecule has 0 aromatic rings. The Labute approximate surface area is 125 Å². The molecule has 0 fully saturated rings. The van der Waals surface area contributed by atoms with Crippen LogP contribution in [0.2, 0.25) is 0 Å². The number of hydrogen-bond donors (Lipinski definition) is 1. The summed E-state index contributed by atoms with van der Waals surface area (Å²) < 4.78 is 0. The molecule has 0 aromatic heterocycles. The zero-order valence-electron chi connectivity index (χ0n) is 12.1. The number of nitrogens with one attached hydrogen (secondary N) is 1. The van der Waals surface area contributed by atoms with Crippen LogP contribution >= 0.6 is 11.8 Å². The summed E-state index contributed by atoms with van der Waals surface area (Å²) >= 11 is 1.22. The van der Waals surface area contributed by atoms with Crippen molar-refractivity contribution >= 4 is 22.9 Å². The lowest BCUT2D eigenvalue weighted by molar-refractivity contribution is -0.120. The zero-order valence-corrected chi connectivity index (χ0v) is 12.9. The van der Waals surface area contributed by atoms with Gasteiger partial charge >= 0.3 is 0 Å². The van der Waals surface area contributed by atoms with Crippen LogP contribution in [0, 0.1) is 0 Å². The molecule has 1 rings (SSSR count). The smallest absolute Gasteiger partial charge is 0.291 e. The van der Waals surface area contributed by atoms with E-state index in [4.69, 9.17) is 0 Å². The normalized spacial score (nSPS) is 13.9. The molecule has 4 nitrogen and oxygen atoms in total. The Balaban J connectivity index is 2.65. The first kappa shape index (κ1) is 16.6. The maximum absolute atomic E-state index is 12.0. The number of rotatable bonds is 6. The molecule has 1 aliphatic rings. The Hall–Kier alpha value is -1.49. The monoisotopic (exact) mass is 294 g/mol. The second kappa shape index (κ2) is 9.42. The highest BCUT2D eigenvalue weighted by molar-refractivity contribution is 8.13. The molecule has 0 saturated heterocycles.